The molecule has 0 bridgehead atoms. The molecule has 0 aliphatic carbocycles. The molecule has 1 aromatic heterocycles. The minimum Gasteiger partial charge on any atom is -0.432 e. The molecule has 26 heavy (non-hydrogen) atoms. The lowest BCUT2D eigenvalue weighted by Crippen LogP contribution is -2.32. The second-order valence-corrected chi connectivity index (χ2v) is 7.32. The van der Waals surface area contributed by atoms with Gasteiger partial charge in [-0.2, -0.15) is 0 Å². The van der Waals surface area contributed by atoms with E-state index in [1.165, 1.54) is 6.07 Å². The Morgan fingerprint density at radius 3 is 2.77 bits per heavy atom. The largest absolute Gasteiger partial charge is 0.432 e. The standard InChI is InChI=1S/C16H15ClFN3O4S/c17-10-8-11(18)12(7-9(10)14(22)25-13-3-6-24-13)19-15-20-4-1-2-5-21(20)16(23)26-15/h7-8,13H,1-6H2/b19-15+. The SMILES string of the molecule is O=C(OC1CCO1)c1cc(/N=c2/sc(=O)n3n2CCCC3)c(F)cc1Cl. The highest BCUT2D eigenvalue weighted by Gasteiger charge is 2.25. The lowest BCUT2D eigenvalue weighted by molar-refractivity contribution is -0.184. The van der Waals surface area contributed by atoms with Crippen molar-refractivity contribution in [2.24, 2.45) is 4.99 Å². The van der Waals surface area contributed by atoms with Gasteiger partial charge in [-0.25, -0.2) is 18.9 Å². The zero-order valence-corrected chi connectivity index (χ0v) is 15.2. The van der Waals surface area contributed by atoms with Crippen molar-refractivity contribution in [2.45, 2.75) is 38.6 Å². The molecular formula is C16H15ClFN3O4S. The molecular weight excluding hydrogens is 385 g/mol. The number of fused-ring (bicyclic) bond motifs is 1. The van der Waals surface area contributed by atoms with Gasteiger partial charge in [-0.1, -0.05) is 11.6 Å². The Hall–Kier alpha value is -1.97. The zero-order valence-electron chi connectivity index (χ0n) is 13.6. The number of hydrogen-bond donors (Lipinski definition) is 0. The number of nitrogens with zero attached hydrogens (tertiary/aromatic N) is 3. The van der Waals surface area contributed by atoms with E-state index in [2.05, 4.69) is 4.99 Å². The smallest absolute Gasteiger partial charge is 0.342 e. The van der Waals surface area contributed by atoms with Gasteiger partial charge >= 0.3 is 10.8 Å². The van der Waals surface area contributed by atoms with Crippen molar-refractivity contribution in [1.82, 2.24) is 9.36 Å². The molecule has 1 atom stereocenters. The second-order valence-electron chi connectivity index (χ2n) is 5.99. The van der Waals surface area contributed by atoms with Gasteiger partial charge in [-0.05, 0) is 36.3 Å². The molecule has 10 heteroatoms. The Labute approximate surface area is 156 Å². The van der Waals surface area contributed by atoms with E-state index in [1.807, 2.05) is 0 Å². The van der Waals surface area contributed by atoms with Gasteiger partial charge in [0.05, 0.1) is 17.2 Å². The van der Waals surface area contributed by atoms with Crippen molar-refractivity contribution in [3.63, 3.8) is 0 Å². The van der Waals surface area contributed by atoms with Gasteiger partial charge in [0.25, 0.3) is 0 Å². The fourth-order valence-electron chi connectivity index (χ4n) is 2.79. The fourth-order valence-corrected chi connectivity index (χ4v) is 3.91. The van der Waals surface area contributed by atoms with Crippen molar-refractivity contribution in [1.29, 1.82) is 0 Å². The highest BCUT2D eigenvalue weighted by Crippen LogP contribution is 2.28. The first-order chi connectivity index (χ1) is 12.5. The molecule has 1 aromatic carbocycles. The summed E-state index contributed by atoms with van der Waals surface area (Å²) < 4.78 is 27.8. The predicted molar refractivity (Wildman–Crippen MR) is 92.2 cm³/mol. The number of aromatic nitrogens is 2. The molecule has 0 saturated carbocycles. The van der Waals surface area contributed by atoms with Crippen LogP contribution >= 0.6 is 22.9 Å². The Morgan fingerprint density at radius 2 is 2.08 bits per heavy atom. The lowest BCUT2D eigenvalue weighted by atomic mass is 10.2. The molecule has 4 rings (SSSR count). The minimum atomic E-state index is -0.698. The molecule has 1 fully saturated rings. The summed E-state index contributed by atoms with van der Waals surface area (Å²) in [6.07, 6.45) is 1.86. The minimum absolute atomic E-state index is 0.00717. The summed E-state index contributed by atoms with van der Waals surface area (Å²) in [4.78, 5) is 28.8. The van der Waals surface area contributed by atoms with E-state index in [4.69, 9.17) is 21.1 Å². The van der Waals surface area contributed by atoms with Gasteiger partial charge in [0.1, 0.15) is 11.5 Å². The zero-order chi connectivity index (χ0) is 18.3. The number of benzene rings is 1. The van der Waals surface area contributed by atoms with Crippen LogP contribution in [0, 0.1) is 5.82 Å². The summed E-state index contributed by atoms with van der Waals surface area (Å²) in [6, 6.07) is 2.26. The molecule has 2 aromatic rings. The van der Waals surface area contributed by atoms with Crippen molar-refractivity contribution < 1.29 is 18.7 Å². The Morgan fingerprint density at radius 1 is 1.35 bits per heavy atom. The molecule has 3 heterocycles. The quantitative estimate of drug-likeness (QED) is 0.743. The number of hydrogen-bond acceptors (Lipinski definition) is 6. The van der Waals surface area contributed by atoms with Gasteiger partial charge in [0.2, 0.25) is 11.1 Å². The average Bonchev–Trinajstić information content (AvgIpc) is 2.90. The maximum absolute atomic E-state index is 14.3. The van der Waals surface area contributed by atoms with E-state index in [1.54, 1.807) is 9.36 Å². The van der Waals surface area contributed by atoms with Crippen molar-refractivity contribution in [2.75, 3.05) is 6.61 Å². The third kappa shape index (κ3) is 3.22. The molecule has 1 unspecified atom stereocenters. The van der Waals surface area contributed by atoms with E-state index < -0.39 is 18.1 Å². The fraction of sp³-hybridized carbons (Fsp3) is 0.438. The van der Waals surface area contributed by atoms with Crippen molar-refractivity contribution in [3.05, 3.63) is 43.0 Å². The Kier molecular flexibility index (Phi) is 4.68. The second kappa shape index (κ2) is 6.98. The first-order valence-electron chi connectivity index (χ1n) is 8.20. The van der Waals surface area contributed by atoms with Crippen LogP contribution in [-0.4, -0.2) is 28.2 Å². The van der Waals surface area contributed by atoms with Crippen LogP contribution in [0.4, 0.5) is 10.1 Å². The molecule has 0 spiro atoms. The lowest BCUT2D eigenvalue weighted by Gasteiger charge is -2.25. The van der Waals surface area contributed by atoms with E-state index >= 15 is 0 Å². The van der Waals surface area contributed by atoms with Gasteiger partial charge < -0.3 is 9.47 Å². The van der Waals surface area contributed by atoms with E-state index in [0.29, 0.717) is 30.9 Å². The number of ether oxygens (including phenoxy) is 2. The normalized spacial score (nSPS) is 19.8. The van der Waals surface area contributed by atoms with E-state index in [9.17, 15) is 14.0 Å². The number of carbonyl (C=O) groups is 1. The average molecular weight is 400 g/mol. The first kappa shape index (κ1) is 17.4. The summed E-state index contributed by atoms with van der Waals surface area (Å²) in [7, 11) is 0. The number of carbonyl (C=O) groups excluding carboxylic acids is 1. The topological polar surface area (TPSA) is 74.8 Å². The van der Waals surface area contributed by atoms with Gasteiger partial charge in [0.15, 0.2) is 0 Å². The number of halogens is 2. The third-order valence-electron chi connectivity index (χ3n) is 4.26. The van der Waals surface area contributed by atoms with E-state index in [0.717, 1.165) is 30.2 Å². The van der Waals surface area contributed by atoms with Crippen LogP contribution in [0.15, 0.2) is 21.9 Å². The molecule has 2 aliphatic heterocycles. The molecule has 2 aliphatic rings. The monoisotopic (exact) mass is 399 g/mol. The van der Waals surface area contributed by atoms with Crippen molar-refractivity contribution in [3.8, 4) is 0 Å². The Bertz CT molecular complexity index is 992. The number of esters is 1. The van der Waals surface area contributed by atoms with Crippen LogP contribution in [0.3, 0.4) is 0 Å². The van der Waals surface area contributed by atoms with Crippen LogP contribution in [0.25, 0.3) is 0 Å². The van der Waals surface area contributed by atoms with Crippen molar-refractivity contribution >= 4 is 34.6 Å². The maximum Gasteiger partial charge on any atom is 0.342 e. The van der Waals surface area contributed by atoms with E-state index in [-0.39, 0.29) is 21.1 Å². The molecule has 0 amide bonds. The summed E-state index contributed by atoms with van der Waals surface area (Å²) in [6.45, 7) is 1.79. The molecule has 138 valence electrons. The van der Waals surface area contributed by atoms with Crippen LogP contribution in [-0.2, 0) is 22.6 Å². The molecule has 7 nitrogen and oxygen atoms in total. The Balaban J connectivity index is 1.74. The first-order valence-corrected chi connectivity index (χ1v) is 9.39. The molecule has 0 radical (unpaired) electrons. The maximum atomic E-state index is 14.3. The van der Waals surface area contributed by atoms with Gasteiger partial charge in [-0.15, -0.1) is 0 Å². The number of rotatable bonds is 3. The third-order valence-corrected chi connectivity index (χ3v) is 5.44. The summed E-state index contributed by atoms with van der Waals surface area (Å²) >= 11 is 6.93. The molecule has 1 saturated heterocycles. The van der Waals surface area contributed by atoms with Gasteiger partial charge in [0, 0.05) is 19.5 Å². The summed E-state index contributed by atoms with van der Waals surface area (Å²) in [5.41, 5.74) is -0.0636. The summed E-state index contributed by atoms with van der Waals surface area (Å²) in [5, 5.41) is -0.0643. The van der Waals surface area contributed by atoms with Crippen LogP contribution < -0.4 is 9.67 Å². The summed E-state index contributed by atoms with van der Waals surface area (Å²) in [5.74, 6) is -1.38. The highest BCUT2D eigenvalue weighted by molar-refractivity contribution is 7.06. The highest BCUT2D eigenvalue weighted by atomic mass is 35.5. The molecule has 0 N–H and O–H groups in total. The van der Waals surface area contributed by atoms with Crippen LogP contribution in [0.5, 0.6) is 0 Å². The predicted octanol–water partition coefficient (Wildman–Crippen LogP) is 2.43. The van der Waals surface area contributed by atoms with Crippen LogP contribution in [0.1, 0.15) is 29.6 Å². The van der Waals surface area contributed by atoms with Crippen LogP contribution in [0.2, 0.25) is 5.02 Å². The van der Waals surface area contributed by atoms with Gasteiger partial charge in [-0.3, -0.25) is 9.48 Å².